The largest absolute Gasteiger partial charge is 0.459 e. The Kier molecular flexibility index (Phi) is 5.18. The molecule has 4 aromatic rings. The van der Waals surface area contributed by atoms with Crippen molar-refractivity contribution in [3.05, 3.63) is 76.1 Å². The molecule has 0 aliphatic heterocycles. The number of furan rings is 1. The summed E-state index contributed by atoms with van der Waals surface area (Å²) in [5, 5.41) is 12.3. The maximum atomic E-state index is 12.5. The van der Waals surface area contributed by atoms with Gasteiger partial charge in [0.1, 0.15) is 10.7 Å². The van der Waals surface area contributed by atoms with E-state index in [1.165, 1.54) is 6.26 Å². The molecule has 4 rings (SSSR count). The van der Waals surface area contributed by atoms with Crippen molar-refractivity contribution in [2.45, 2.75) is 27.0 Å². The number of halogens is 1. The molecule has 0 unspecified atom stereocenters. The highest BCUT2D eigenvalue weighted by molar-refractivity contribution is 6.32. The second kappa shape index (κ2) is 7.92. The number of aryl methyl sites for hydroxylation is 2. The molecule has 0 N–H and O–H groups in total. The van der Waals surface area contributed by atoms with Gasteiger partial charge in [0.05, 0.1) is 18.5 Å². The summed E-state index contributed by atoms with van der Waals surface area (Å²) in [7, 11) is 0. The molecule has 0 bridgehead atoms. The van der Waals surface area contributed by atoms with Crippen LogP contribution in [-0.2, 0) is 17.9 Å². The first-order chi connectivity index (χ1) is 14.0. The van der Waals surface area contributed by atoms with Crippen LogP contribution in [0.4, 0.5) is 0 Å². The van der Waals surface area contributed by atoms with Gasteiger partial charge in [-0.3, -0.25) is 0 Å². The van der Waals surface area contributed by atoms with Gasteiger partial charge in [-0.25, -0.2) is 9.48 Å². The first-order valence-corrected chi connectivity index (χ1v) is 9.21. The number of carbonyl (C=O) groups is 1. The van der Waals surface area contributed by atoms with Crippen LogP contribution in [0.2, 0.25) is 5.15 Å². The van der Waals surface area contributed by atoms with E-state index in [-0.39, 0.29) is 29.1 Å². The van der Waals surface area contributed by atoms with E-state index in [4.69, 9.17) is 25.2 Å². The van der Waals surface area contributed by atoms with Crippen LogP contribution in [0.1, 0.15) is 33.1 Å². The molecular formula is C20H17ClN4O4. The van der Waals surface area contributed by atoms with E-state index < -0.39 is 5.97 Å². The van der Waals surface area contributed by atoms with Gasteiger partial charge in [0.15, 0.2) is 12.4 Å². The molecule has 0 atom stereocenters. The summed E-state index contributed by atoms with van der Waals surface area (Å²) < 4.78 is 17.5. The molecular weight excluding hydrogens is 396 g/mol. The summed E-state index contributed by atoms with van der Waals surface area (Å²) in [6, 6.07) is 11.4. The molecule has 0 spiro atoms. The number of hydrogen-bond donors (Lipinski definition) is 0. The molecule has 148 valence electrons. The van der Waals surface area contributed by atoms with Gasteiger partial charge < -0.3 is 13.6 Å². The highest BCUT2D eigenvalue weighted by Crippen LogP contribution is 2.23. The first-order valence-electron chi connectivity index (χ1n) is 8.83. The predicted octanol–water partition coefficient (Wildman–Crippen LogP) is 4.20. The monoisotopic (exact) mass is 412 g/mol. The molecule has 0 aliphatic carbocycles. The minimum atomic E-state index is -0.611. The van der Waals surface area contributed by atoms with E-state index in [0.29, 0.717) is 18.0 Å². The lowest BCUT2D eigenvalue weighted by Crippen LogP contribution is -2.07. The number of esters is 1. The number of aromatic nitrogens is 4. The summed E-state index contributed by atoms with van der Waals surface area (Å²) in [5.74, 6) is 0.179. The van der Waals surface area contributed by atoms with Crippen molar-refractivity contribution in [3.63, 3.8) is 0 Å². The Morgan fingerprint density at radius 1 is 1.17 bits per heavy atom. The number of ether oxygens (including phenoxy) is 1. The van der Waals surface area contributed by atoms with Gasteiger partial charge in [-0.2, -0.15) is 5.10 Å². The third kappa shape index (κ3) is 4.07. The summed E-state index contributed by atoms with van der Waals surface area (Å²) >= 11 is 6.39. The van der Waals surface area contributed by atoms with Gasteiger partial charge in [0.25, 0.3) is 11.8 Å². The van der Waals surface area contributed by atoms with Crippen molar-refractivity contribution < 1.29 is 18.4 Å². The fourth-order valence-corrected chi connectivity index (χ4v) is 3.08. The number of hydrogen-bond acceptors (Lipinski definition) is 7. The average Bonchev–Trinajstić information content (AvgIpc) is 3.43. The fourth-order valence-electron chi connectivity index (χ4n) is 2.77. The Labute approximate surface area is 171 Å². The molecule has 0 amide bonds. The standard InChI is InChI=1S/C20H17ClN4O4/c1-12-5-7-14(8-6-12)10-25-18(21)17(13(2)24-25)20(26)28-11-16-22-23-19(29-16)15-4-3-9-27-15/h3-9H,10-11H2,1-2H3. The van der Waals surface area contributed by atoms with Crippen LogP contribution in [0, 0.1) is 13.8 Å². The molecule has 29 heavy (non-hydrogen) atoms. The van der Waals surface area contributed by atoms with E-state index in [2.05, 4.69) is 15.3 Å². The van der Waals surface area contributed by atoms with Gasteiger partial charge in [0, 0.05) is 0 Å². The quantitative estimate of drug-likeness (QED) is 0.438. The van der Waals surface area contributed by atoms with E-state index in [9.17, 15) is 4.79 Å². The Bertz CT molecular complexity index is 1130. The molecule has 9 heteroatoms. The van der Waals surface area contributed by atoms with Crippen molar-refractivity contribution >= 4 is 17.6 Å². The van der Waals surface area contributed by atoms with Crippen LogP contribution >= 0.6 is 11.6 Å². The van der Waals surface area contributed by atoms with Crippen LogP contribution in [-0.4, -0.2) is 25.9 Å². The first kappa shape index (κ1) is 18.9. The Balaban J connectivity index is 1.44. The van der Waals surface area contributed by atoms with Crippen LogP contribution < -0.4 is 0 Å². The van der Waals surface area contributed by atoms with Crippen molar-refractivity contribution in [2.75, 3.05) is 0 Å². The van der Waals surface area contributed by atoms with Gasteiger partial charge in [0.2, 0.25) is 0 Å². The van der Waals surface area contributed by atoms with Crippen LogP contribution in [0.5, 0.6) is 0 Å². The maximum absolute atomic E-state index is 12.5. The molecule has 8 nitrogen and oxygen atoms in total. The van der Waals surface area contributed by atoms with Gasteiger partial charge in [-0.05, 0) is 31.5 Å². The van der Waals surface area contributed by atoms with Crippen LogP contribution in [0.3, 0.4) is 0 Å². The Hall–Kier alpha value is -3.39. The lowest BCUT2D eigenvalue weighted by Gasteiger charge is -2.05. The summed E-state index contributed by atoms with van der Waals surface area (Å²) in [4.78, 5) is 12.5. The summed E-state index contributed by atoms with van der Waals surface area (Å²) in [6.45, 7) is 3.98. The zero-order valence-corrected chi connectivity index (χ0v) is 16.5. The molecule has 3 heterocycles. The second-order valence-electron chi connectivity index (χ2n) is 6.45. The van der Waals surface area contributed by atoms with Crippen molar-refractivity contribution in [1.29, 1.82) is 0 Å². The molecule has 0 saturated carbocycles. The summed E-state index contributed by atoms with van der Waals surface area (Å²) in [6.07, 6.45) is 1.50. The molecule has 0 aliphatic rings. The van der Waals surface area contributed by atoms with Crippen molar-refractivity contribution in [1.82, 2.24) is 20.0 Å². The van der Waals surface area contributed by atoms with Gasteiger partial charge in [-0.1, -0.05) is 41.4 Å². The third-order valence-corrected chi connectivity index (χ3v) is 4.63. The zero-order valence-electron chi connectivity index (χ0n) is 15.8. The summed E-state index contributed by atoms with van der Waals surface area (Å²) in [5.41, 5.74) is 2.88. The van der Waals surface area contributed by atoms with E-state index in [1.807, 2.05) is 31.2 Å². The molecule has 0 radical (unpaired) electrons. The normalized spacial score (nSPS) is 11.0. The number of benzene rings is 1. The second-order valence-corrected chi connectivity index (χ2v) is 6.81. The maximum Gasteiger partial charge on any atom is 0.343 e. The number of carbonyl (C=O) groups excluding carboxylic acids is 1. The highest BCUT2D eigenvalue weighted by atomic mass is 35.5. The fraction of sp³-hybridized carbons (Fsp3) is 0.200. The van der Waals surface area contributed by atoms with E-state index in [1.54, 1.807) is 23.7 Å². The smallest absolute Gasteiger partial charge is 0.343 e. The van der Waals surface area contributed by atoms with Gasteiger partial charge >= 0.3 is 5.97 Å². The lowest BCUT2D eigenvalue weighted by molar-refractivity contribution is 0.0438. The van der Waals surface area contributed by atoms with Crippen molar-refractivity contribution in [3.8, 4) is 11.7 Å². The average molecular weight is 413 g/mol. The Morgan fingerprint density at radius 2 is 1.97 bits per heavy atom. The zero-order chi connectivity index (χ0) is 20.4. The molecule has 0 fully saturated rings. The lowest BCUT2D eigenvalue weighted by atomic mass is 10.1. The SMILES string of the molecule is Cc1ccc(Cn2nc(C)c(C(=O)OCc3nnc(-c4ccco4)o3)c2Cl)cc1. The molecule has 0 saturated heterocycles. The van der Waals surface area contributed by atoms with E-state index in [0.717, 1.165) is 11.1 Å². The minimum absolute atomic E-state index is 0.144. The highest BCUT2D eigenvalue weighted by Gasteiger charge is 2.23. The van der Waals surface area contributed by atoms with Crippen molar-refractivity contribution in [2.24, 2.45) is 0 Å². The van der Waals surface area contributed by atoms with E-state index >= 15 is 0 Å². The number of nitrogens with zero attached hydrogens (tertiary/aromatic N) is 4. The number of rotatable bonds is 6. The predicted molar refractivity (Wildman–Crippen MR) is 103 cm³/mol. The Morgan fingerprint density at radius 3 is 2.69 bits per heavy atom. The minimum Gasteiger partial charge on any atom is -0.459 e. The van der Waals surface area contributed by atoms with Crippen LogP contribution in [0.15, 0.2) is 51.5 Å². The van der Waals surface area contributed by atoms with Gasteiger partial charge in [-0.15, -0.1) is 10.2 Å². The van der Waals surface area contributed by atoms with Crippen LogP contribution in [0.25, 0.3) is 11.7 Å². The third-order valence-electron chi connectivity index (χ3n) is 4.25. The molecule has 1 aromatic carbocycles. The topological polar surface area (TPSA) is 96.2 Å². The molecule has 3 aromatic heterocycles.